The van der Waals surface area contributed by atoms with Gasteiger partial charge in [-0.3, -0.25) is 4.79 Å². The summed E-state index contributed by atoms with van der Waals surface area (Å²) in [6.07, 6.45) is 6.51. The number of nitrogens with zero attached hydrogens (tertiary/aromatic N) is 1. The van der Waals surface area contributed by atoms with E-state index in [0.29, 0.717) is 16.2 Å². The van der Waals surface area contributed by atoms with E-state index in [1.807, 2.05) is 23.8 Å². The van der Waals surface area contributed by atoms with Crippen molar-refractivity contribution in [3.05, 3.63) is 70.4 Å². The maximum absolute atomic E-state index is 12.5. The van der Waals surface area contributed by atoms with Gasteiger partial charge in [0.25, 0.3) is 5.91 Å². The summed E-state index contributed by atoms with van der Waals surface area (Å²) in [7, 11) is 0. The van der Waals surface area contributed by atoms with Crippen molar-refractivity contribution in [2.24, 2.45) is 0 Å². The Kier molecular flexibility index (Phi) is 5.03. The van der Waals surface area contributed by atoms with Gasteiger partial charge in [0.2, 0.25) is 0 Å². The Bertz CT molecular complexity index is 767. The SMILES string of the molecule is CSc1ncccc1C(=O)NCC(O)(c1ccoc1)c1cccs1. The summed E-state index contributed by atoms with van der Waals surface area (Å²) >= 11 is 2.83. The lowest BCUT2D eigenvalue weighted by molar-refractivity contribution is 0.0712. The molecular formula is C17H16N2O3S2. The number of aliphatic hydroxyl groups is 1. The third-order valence-corrected chi connectivity index (χ3v) is 5.37. The number of carbonyl (C=O) groups is 1. The maximum atomic E-state index is 12.5. The van der Waals surface area contributed by atoms with Gasteiger partial charge in [0.1, 0.15) is 10.6 Å². The number of thiophene rings is 1. The summed E-state index contributed by atoms with van der Waals surface area (Å²) in [5, 5.41) is 16.5. The molecule has 3 aromatic heterocycles. The van der Waals surface area contributed by atoms with Crippen LogP contribution >= 0.6 is 23.1 Å². The van der Waals surface area contributed by atoms with Crippen molar-refractivity contribution in [1.82, 2.24) is 10.3 Å². The zero-order chi connectivity index (χ0) is 17.0. The summed E-state index contributed by atoms with van der Waals surface area (Å²) < 4.78 is 5.11. The zero-order valence-electron chi connectivity index (χ0n) is 12.9. The fraction of sp³-hybridized carbons (Fsp3) is 0.176. The number of thioether (sulfide) groups is 1. The first-order valence-corrected chi connectivity index (χ1v) is 9.32. The molecule has 0 aromatic carbocycles. The van der Waals surface area contributed by atoms with Gasteiger partial charge in [0.15, 0.2) is 0 Å². The van der Waals surface area contributed by atoms with Crippen molar-refractivity contribution in [3.8, 4) is 0 Å². The van der Waals surface area contributed by atoms with Crippen LogP contribution in [0.15, 0.2) is 63.9 Å². The Labute approximate surface area is 147 Å². The molecule has 0 saturated heterocycles. The van der Waals surface area contributed by atoms with Gasteiger partial charge in [-0.25, -0.2) is 4.98 Å². The van der Waals surface area contributed by atoms with E-state index in [4.69, 9.17) is 4.42 Å². The molecule has 24 heavy (non-hydrogen) atoms. The highest BCUT2D eigenvalue weighted by molar-refractivity contribution is 7.98. The van der Waals surface area contributed by atoms with Crippen molar-refractivity contribution in [1.29, 1.82) is 0 Å². The second-order valence-corrected chi connectivity index (χ2v) is 6.84. The van der Waals surface area contributed by atoms with E-state index >= 15 is 0 Å². The van der Waals surface area contributed by atoms with E-state index in [1.54, 1.807) is 24.4 Å². The van der Waals surface area contributed by atoms with Gasteiger partial charge in [-0.2, -0.15) is 0 Å². The van der Waals surface area contributed by atoms with Crippen LogP contribution in [0.1, 0.15) is 20.8 Å². The van der Waals surface area contributed by atoms with Crippen LogP contribution in [-0.4, -0.2) is 28.8 Å². The molecule has 0 aliphatic heterocycles. The van der Waals surface area contributed by atoms with Crippen LogP contribution in [0.5, 0.6) is 0 Å². The van der Waals surface area contributed by atoms with Crippen molar-refractivity contribution < 1.29 is 14.3 Å². The second kappa shape index (κ2) is 7.21. The molecule has 1 atom stereocenters. The lowest BCUT2D eigenvalue weighted by Crippen LogP contribution is -2.41. The van der Waals surface area contributed by atoms with Crippen LogP contribution in [0.25, 0.3) is 0 Å². The number of rotatable bonds is 6. The van der Waals surface area contributed by atoms with Crippen LogP contribution in [0.2, 0.25) is 0 Å². The number of nitrogens with one attached hydrogen (secondary N) is 1. The Hall–Kier alpha value is -2.09. The van der Waals surface area contributed by atoms with Crippen LogP contribution in [0, 0.1) is 0 Å². The van der Waals surface area contributed by atoms with E-state index in [-0.39, 0.29) is 12.5 Å². The summed E-state index contributed by atoms with van der Waals surface area (Å²) in [6.45, 7) is 0.0363. The van der Waals surface area contributed by atoms with E-state index in [0.717, 1.165) is 4.88 Å². The van der Waals surface area contributed by atoms with Gasteiger partial charge in [-0.05, 0) is 35.9 Å². The first kappa shape index (κ1) is 16.8. The normalized spacial score (nSPS) is 13.4. The standard InChI is InChI=1S/C17H16N2O3S2/c1-23-16-13(4-2-7-18-16)15(20)19-11-17(21,12-6-8-22-10-12)14-5-3-9-24-14/h2-10,21H,11H2,1H3,(H,19,20). The molecule has 0 bridgehead atoms. The molecule has 0 radical (unpaired) electrons. The Balaban J connectivity index is 1.83. The highest BCUT2D eigenvalue weighted by Gasteiger charge is 2.34. The Morgan fingerprint density at radius 3 is 2.96 bits per heavy atom. The van der Waals surface area contributed by atoms with Crippen LogP contribution in [-0.2, 0) is 5.60 Å². The van der Waals surface area contributed by atoms with E-state index in [1.165, 1.54) is 35.6 Å². The fourth-order valence-corrected chi connectivity index (χ4v) is 3.77. The lowest BCUT2D eigenvalue weighted by atomic mass is 9.94. The number of hydrogen-bond donors (Lipinski definition) is 2. The molecule has 0 fully saturated rings. The first-order chi connectivity index (χ1) is 11.6. The van der Waals surface area contributed by atoms with Crippen LogP contribution in [0.4, 0.5) is 0 Å². The van der Waals surface area contributed by atoms with Crippen molar-refractivity contribution in [2.75, 3.05) is 12.8 Å². The predicted octanol–water partition coefficient (Wildman–Crippen LogP) is 3.12. The van der Waals surface area contributed by atoms with E-state index in [9.17, 15) is 9.90 Å². The summed E-state index contributed by atoms with van der Waals surface area (Å²) in [5.41, 5.74) is -0.245. The molecule has 7 heteroatoms. The fourth-order valence-electron chi connectivity index (χ4n) is 2.37. The first-order valence-electron chi connectivity index (χ1n) is 7.21. The van der Waals surface area contributed by atoms with Gasteiger partial charge in [-0.1, -0.05) is 6.07 Å². The number of carbonyl (C=O) groups excluding carboxylic acids is 1. The highest BCUT2D eigenvalue weighted by Crippen LogP contribution is 2.32. The molecule has 3 heterocycles. The third-order valence-electron chi connectivity index (χ3n) is 3.64. The van der Waals surface area contributed by atoms with Crippen LogP contribution in [0.3, 0.4) is 0 Å². The smallest absolute Gasteiger partial charge is 0.254 e. The molecule has 2 N–H and O–H groups in total. The molecule has 1 amide bonds. The van der Waals surface area contributed by atoms with Crippen molar-refractivity contribution in [2.45, 2.75) is 10.6 Å². The third kappa shape index (κ3) is 3.24. The molecule has 124 valence electrons. The van der Waals surface area contributed by atoms with Gasteiger partial charge in [0.05, 0.1) is 24.6 Å². The molecule has 0 spiro atoms. The number of aromatic nitrogens is 1. The van der Waals surface area contributed by atoms with Gasteiger partial charge >= 0.3 is 0 Å². The average molecular weight is 360 g/mol. The molecule has 1 unspecified atom stereocenters. The zero-order valence-corrected chi connectivity index (χ0v) is 14.6. The summed E-state index contributed by atoms with van der Waals surface area (Å²) in [5.74, 6) is -0.272. The number of furan rings is 1. The van der Waals surface area contributed by atoms with Gasteiger partial charge in [0, 0.05) is 16.6 Å². The van der Waals surface area contributed by atoms with Crippen molar-refractivity contribution >= 4 is 29.0 Å². The largest absolute Gasteiger partial charge is 0.472 e. The number of pyridine rings is 1. The van der Waals surface area contributed by atoms with Gasteiger partial charge in [-0.15, -0.1) is 23.1 Å². The Morgan fingerprint density at radius 1 is 1.42 bits per heavy atom. The number of hydrogen-bond acceptors (Lipinski definition) is 6. The van der Waals surface area contributed by atoms with Crippen LogP contribution < -0.4 is 5.32 Å². The quantitative estimate of drug-likeness (QED) is 0.661. The molecule has 5 nitrogen and oxygen atoms in total. The Morgan fingerprint density at radius 2 is 2.29 bits per heavy atom. The molecular weight excluding hydrogens is 344 g/mol. The average Bonchev–Trinajstić information content (AvgIpc) is 3.33. The topological polar surface area (TPSA) is 75.4 Å². The lowest BCUT2D eigenvalue weighted by Gasteiger charge is -2.26. The van der Waals surface area contributed by atoms with Gasteiger partial charge < -0.3 is 14.8 Å². The highest BCUT2D eigenvalue weighted by atomic mass is 32.2. The summed E-state index contributed by atoms with van der Waals surface area (Å²) in [6, 6.07) is 8.83. The maximum Gasteiger partial charge on any atom is 0.254 e. The number of amides is 1. The molecule has 0 saturated carbocycles. The molecule has 3 aromatic rings. The monoisotopic (exact) mass is 360 g/mol. The minimum atomic E-state index is -1.33. The molecule has 0 aliphatic carbocycles. The molecule has 0 aliphatic rings. The van der Waals surface area contributed by atoms with Crippen molar-refractivity contribution in [3.63, 3.8) is 0 Å². The van der Waals surface area contributed by atoms with E-state index in [2.05, 4.69) is 10.3 Å². The predicted molar refractivity (Wildman–Crippen MR) is 94.4 cm³/mol. The second-order valence-electron chi connectivity index (χ2n) is 5.09. The minimum absolute atomic E-state index is 0.0363. The summed E-state index contributed by atoms with van der Waals surface area (Å²) in [4.78, 5) is 17.4. The molecule has 3 rings (SSSR count). The minimum Gasteiger partial charge on any atom is -0.472 e. The van der Waals surface area contributed by atoms with E-state index < -0.39 is 5.60 Å².